The van der Waals surface area contributed by atoms with Crippen molar-refractivity contribution in [3.8, 4) is 11.1 Å². The van der Waals surface area contributed by atoms with Crippen LogP contribution in [0.1, 0.15) is 52.7 Å². The van der Waals surface area contributed by atoms with Gasteiger partial charge in [-0.25, -0.2) is 0 Å². The third-order valence-corrected chi connectivity index (χ3v) is 5.00. The summed E-state index contributed by atoms with van der Waals surface area (Å²) in [6.07, 6.45) is 0. The van der Waals surface area contributed by atoms with Crippen LogP contribution in [0.15, 0.2) is 72.8 Å². The van der Waals surface area contributed by atoms with Gasteiger partial charge in [0.2, 0.25) is 0 Å². The minimum atomic E-state index is 0.113. The Balaban J connectivity index is 2.01. The van der Waals surface area contributed by atoms with Crippen LogP contribution in [0.2, 0.25) is 0 Å². The van der Waals surface area contributed by atoms with Gasteiger partial charge in [-0.05, 0) is 45.7 Å². The molecule has 0 fully saturated rings. The summed E-state index contributed by atoms with van der Waals surface area (Å²) in [5, 5.41) is 3.66. The summed E-state index contributed by atoms with van der Waals surface area (Å²) in [7, 11) is 0. The lowest BCUT2D eigenvalue weighted by Crippen LogP contribution is -2.12. The molecule has 0 radical (unpaired) electrons. The molecule has 0 saturated carbocycles. The van der Waals surface area contributed by atoms with E-state index in [1.807, 2.05) is 0 Å². The van der Waals surface area contributed by atoms with Crippen LogP contribution >= 0.6 is 0 Å². The monoisotopic (exact) mass is 357 g/mol. The molecule has 1 nitrogen and oxygen atoms in total. The Morgan fingerprint density at radius 3 is 1.70 bits per heavy atom. The number of hydrogen-bond acceptors (Lipinski definition) is 1. The first-order valence-electron chi connectivity index (χ1n) is 9.72. The van der Waals surface area contributed by atoms with E-state index < -0.39 is 0 Å². The number of nitrogens with one attached hydrogen (secondary N) is 1. The Kier molecular flexibility index (Phi) is 5.15. The maximum Gasteiger partial charge on any atom is 0.0466 e. The van der Waals surface area contributed by atoms with Crippen LogP contribution < -0.4 is 5.32 Å². The SMILES string of the molecule is CC(C)(C)c1ccc(Nc2cc(C(C)(C)C)ccc2-c2ccccc2)cc1. The van der Waals surface area contributed by atoms with Crippen molar-refractivity contribution in [3.05, 3.63) is 83.9 Å². The Labute approximate surface area is 164 Å². The minimum absolute atomic E-state index is 0.113. The second kappa shape index (κ2) is 7.23. The average molecular weight is 358 g/mol. The zero-order chi connectivity index (χ0) is 19.7. The van der Waals surface area contributed by atoms with E-state index in [-0.39, 0.29) is 10.8 Å². The standard InChI is InChI=1S/C26H31N/c1-25(2,3)20-12-15-22(16-13-20)27-24-18-21(26(4,5)6)14-17-23(24)19-10-8-7-9-11-19/h7-18,27H,1-6H3. The molecule has 0 aliphatic rings. The van der Waals surface area contributed by atoms with Gasteiger partial charge in [-0.3, -0.25) is 0 Å². The van der Waals surface area contributed by atoms with Gasteiger partial charge in [0.15, 0.2) is 0 Å². The van der Waals surface area contributed by atoms with Crippen molar-refractivity contribution in [2.45, 2.75) is 52.4 Å². The molecule has 140 valence electrons. The molecule has 0 atom stereocenters. The first-order valence-corrected chi connectivity index (χ1v) is 9.72. The van der Waals surface area contributed by atoms with Crippen molar-refractivity contribution >= 4 is 11.4 Å². The predicted octanol–water partition coefficient (Wildman–Crippen LogP) is 7.69. The Morgan fingerprint density at radius 2 is 1.15 bits per heavy atom. The topological polar surface area (TPSA) is 12.0 Å². The van der Waals surface area contributed by atoms with Crippen molar-refractivity contribution in [2.24, 2.45) is 0 Å². The molecule has 0 saturated heterocycles. The molecule has 3 rings (SSSR count). The van der Waals surface area contributed by atoms with E-state index in [1.54, 1.807) is 0 Å². The van der Waals surface area contributed by atoms with E-state index in [9.17, 15) is 0 Å². The maximum absolute atomic E-state index is 3.66. The van der Waals surface area contributed by atoms with Crippen LogP contribution in [-0.4, -0.2) is 0 Å². The third-order valence-electron chi connectivity index (χ3n) is 5.00. The molecule has 0 aromatic heterocycles. The van der Waals surface area contributed by atoms with Gasteiger partial charge >= 0.3 is 0 Å². The lowest BCUT2D eigenvalue weighted by atomic mass is 9.85. The molecule has 3 aromatic rings. The summed E-state index contributed by atoms with van der Waals surface area (Å²) in [5.41, 5.74) is 7.68. The van der Waals surface area contributed by atoms with Crippen molar-refractivity contribution in [1.29, 1.82) is 0 Å². The van der Waals surface area contributed by atoms with Crippen molar-refractivity contribution < 1.29 is 0 Å². The second-order valence-corrected chi connectivity index (χ2v) is 9.33. The molecule has 0 aliphatic carbocycles. The highest BCUT2D eigenvalue weighted by atomic mass is 14.9. The molecule has 0 amide bonds. The molecule has 0 heterocycles. The fourth-order valence-corrected chi connectivity index (χ4v) is 3.19. The van der Waals surface area contributed by atoms with Gasteiger partial charge in [0, 0.05) is 16.9 Å². The first-order chi connectivity index (χ1) is 12.6. The van der Waals surface area contributed by atoms with Gasteiger partial charge in [0.1, 0.15) is 0 Å². The molecule has 0 unspecified atom stereocenters. The van der Waals surface area contributed by atoms with E-state index in [2.05, 4.69) is 120 Å². The highest BCUT2D eigenvalue weighted by molar-refractivity contribution is 5.81. The summed E-state index contributed by atoms with van der Waals surface area (Å²) < 4.78 is 0. The van der Waals surface area contributed by atoms with Gasteiger partial charge in [0.05, 0.1) is 0 Å². The lowest BCUT2D eigenvalue weighted by Gasteiger charge is -2.23. The predicted molar refractivity (Wildman–Crippen MR) is 119 cm³/mol. The minimum Gasteiger partial charge on any atom is -0.355 e. The molecular formula is C26H31N. The maximum atomic E-state index is 3.66. The van der Waals surface area contributed by atoms with Crippen molar-refractivity contribution in [2.75, 3.05) is 5.32 Å². The normalized spacial score (nSPS) is 12.1. The fraction of sp³-hybridized carbons (Fsp3) is 0.308. The molecule has 0 spiro atoms. The number of anilines is 2. The Bertz CT molecular complexity index is 892. The molecule has 3 aromatic carbocycles. The number of hydrogen-bond donors (Lipinski definition) is 1. The summed E-state index contributed by atoms with van der Waals surface area (Å²) in [6.45, 7) is 13.5. The summed E-state index contributed by atoms with van der Waals surface area (Å²) in [4.78, 5) is 0. The van der Waals surface area contributed by atoms with E-state index in [0.717, 1.165) is 11.4 Å². The molecular weight excluding hydrogens is 326 g/mol. The van der Waals surface area contributed by atoms with Gasteiger partial charge in [-0.1, -0.05) is 96.1 Å². The van der Waals surface area contributed by atoms with Crippen LogP contribution in [0, 0.1) is 0 Å². The van der Waals surface area contributed by atoms with Crippen LogP contribution in [0.25, 0.3) is 11.1 Å². The van der Waals surface area contributed by atoms with Gasteiger partial charge in [-0.2, -0.15) is 0 Å². The number of rotatable bonds is 3. The summed E-state index contributed by atoms with van der Waals surface area (Å²) in [5.74, 6) is 0. The van der Waals surface area contributed by atoms with E-state index in [1.165, 1.54) is 22.3 Å². The van der Waals surface area contributed by atoms with Crippen molar-refractivity contribution in [3.63, 3.8) is 0 Å². The van der Waals surface area contributed by atoms with Gasteiger partial charge in [0.25, 0.3) is 0 Å². The lowest BCUT2D eigenvalue weighted by molar-refractivity contribution is 0.590. The van der Waals surface area contributed by atoms with Crippen molar-refractivity contribution in [1.82, 2.24) is 0 Å². The highest BCUT2D eigenvalue weighted by Gasteiger charge is 2.17. The molecule has 0 aliphatic heterocycles. The van der Waals surface area contributed by atoms with Crippen LogP contribution in [0.4, 0.5) is 11.4 Å². The zero-order valence-corrected chi connectivity index (χ0v) is 17.4. The van der Waals surface area contributed by atoms with Crippen LogP contribution in [-0.2, 0) is 10.8 Å². The van der Waals surface area contributed by atoms with Crippen LogP contribution in [0.5, 0.6) is 0 Å². The zero-order valence-electron chi connectivity index (χ0n) is 17.4. The van der Waals surface area contributed by atoms with E-state index in [4.69, 9.17) is 0 Å². The molecule has 1 heteroatoms. The smallest absolute Gasteiger partial charge is 0.0466 e. The molecule has 1 N–H and O–H groups in total. The fourth-order valence-electron chi connectivity index (χ4n) is 3.19. The second-order valence-electron chi connectivity index (χ2n) is 9.33. The summed E-state index contributed by atoms with van der Waals surface area (Å²) >= 11 is 0. The largest absolute Gasteiger partial charge is 0.355 e. The number of benzene rings is 3. The van der Waals surface area contributed by atoms with E-state index >= 15 is 0 Å². The highest BCUT2D eigenvalue weighted by Crippen LogP contribution is 2.35. The molecule has 0 bridgehead atoms. The first kappa shape index (κ1) is 19.2. The van der Waals surface area contributed by atoms with Gasteiger partial charge < -0.3 is 5.32 Å². The summed E-state index contributed by atoms with van der Waals surface area (Å²) in [6, 6.07) is 26.2. The van der Waals surface area contributed by atoms with E-state index in [0.29, 0.717) is 0 Å². The van der Waals surface area contributed by atoms with Crippen LogP contribution in [0.3, 0.4) is 0 Å². The Hall–Kier alpha value is -2.54. The average Bonchev–Trinajstić information content (AvgIpc) is 2.61. The third kappa shape index (κ3) is 4.60. The quantitative estimate of drug-likeness (QED) is 0.506. The Morgan fingerprint density at radius 1 is 0.593 bits per heavy atom. The van der Waals surface area contributed by atoms with Gasteiger partial charge in [-0.15, -0.1) is 0 Å². The molecule has 27 heavy (non-hydrogen) atoms.